The van der Waals surface area contributed by atoms with Crippen molar-refractivity contribution in [3.63, 3.8) is 0 Å². The van der Waals surface area contributed by atoms with Crippen LogP contribution in [0.3, 0.4) is 0 Å². The Morgan fingerprint density at radius 1 is 1.41 bits per heavy atom. The lowest BCUT2D eigenvalue weighted by atomic mass is 10.1. The van der Waals surface area contributed by atoms with E-state index in [-0.39, 0.29) is 23.3 Å². The minimum Gasteiger partial charge on any atom is -0.502 e. The maximum Gasteiger partial charge on any atom is 0.220 e. The zero-order valence-corrected chi connectivity index (χ0v) is 10.7. The summed E-state index contributed by atoms with van der Waals surface area (Å²) in [4.78, 5) is 11.5. The number of thiocarbonyl (C=S) groups is 1. The van der Waals surface area contributed by atoms with E-state index in [9.17, 15) is 4.79 Å². The van der Waals surface area contributed by atoms with E-state index in [0.29, 0.717) is 6.54 Å². The quantitative estimate of drug-likeness (QED) is 0.762. The number of aliphatic hydroxyl groups excluding tert-OH is 1. The molecule has 3 nitrogen and oxygen atoms in total. The molecule has 0 bridgehead atoms. The summed E-state index contributed by atoms with van der Waals surface area (Å²) in [6, 6.07) is 9.97. The third-order valence-corrected chi connectivity index (χ3v) is 2.89. The van der Waals surface area contributed by atoms with Gasteiger partial charge in [-0.1, -0.05) is 37.3 Å². The van der Waals surface area contributed by atoms with Crippen LogP contribution < -0.4 is 5.32 Å². The first kappa shape index (κ1) is 13.6. The molecule has 0 spiro atoms. The first-order valence-electron chi connectivity index (χ1n) is 5.63. The number of amides is 1. The smallest absolute Gasteiger partial charge is 0.220 e. The van der Waals surface area contributed by atoms with Gasteiger partial charge in [-0.15, -0.1) is 0 Å². The van der Waals surface area contributed by atoms with Gasteiger partial charge in [0.25, 0.3) is 0 Å². The molecular formula is C13H17NO2S. The van der Waals surface area contributed by atoms with Crippen LogP contribution in [0.5, 0.6) is 0 Å². The number of benzene rings is 1. The molecule has 0 aromatic heterocycles. The molecule has 1 rings (SSSR count). The first-order valence-corrected chi connectivity index (χ1v) is 6.04. The minimum atomic E-state index is -0.262. The number of hydrogen-bond donors (Lipinski definition) is 2. The Hall–Kier alpha value is -1.42. The van der Waals surface area contributed by atoms with Crippen LogP contribution in [0.15, 0.2) is 30.3 Å². The third kappa shape index (κ3) is 5.45. The van der Waals surface area contributed by atoms with Crippen molar-refractivity contribution in [2.75, 3.05) is 6.54 Å². The van der Waals surface area contributed by atoms with Crippen LogP contribution >= 0.6 is 12.2 Å². The average molecular weight is 251 g/mol. The van der Waals surface area contributed by atoms with Gasteiger partial charge in [0.15, 0.2) is 5.05 Å². The van der Waals surface area contributed by atoms with Gasteiger partial charge in [-0.2, -0.15) is 0 Å². The van der Waals surface area contributed by atoms with Crippen LogP contribution in [0, 0.1) is 5.92 Å². The molecule has 4 heteroatoms. The Bertz CT molecular complexity index is 378. The highest BCUT2D eigenvalue weighted by Gasteiger charge is 2.11. The van der Waals surface area contributed by atoms with E-state index in [0.717, 1.165) is 6.42 Å². The molecule has 0 aliphatic rings. The van der Waals surface area contributed by atoms with Crippen molar-refractivity contribution in [1.29, 1.82) is 0 Å². The monoisotopic (exact) mass is 251 g/mol. The Kier molecular flexibility index (Phi) is 5.63. The highest BCUT2D eigenvalue weighted by atomic mass is 32.1. The van der Waals surface area contributed by atoms with Crippen molar-refractivity contribution >= 4 is 23.2 Å². The molecule has 1 aromatic carbocycles. The summed E-state index contributed by atoms with van der Waals surface area (Å²) >= 11 is 4.60. The van der Waals surface area contributed by atoms with Crippen molar-refractivity contribution in [3.05, 3.63) is 35.9 Å². The molecule has 1 unspecified atom stereocenters. The van der Waals surface area contributed by atoms with Gasteiger partial charge in [-0.3, -0.25) is 4.79 Å². The van der Waals surface area contributed by atoms with E-state index in [2.05, 4.69) is 17.5 Å². The van der Waals surface area contributed by atoms with Gasteiger partial charge in [-0.25, -0.2) is 0 Å². The second kappa shape index (κ2) is 7.01. The molecule has 0 fully saturated rings. The molecule has 17 heavy (non-hydrogen) atoms. The van der Waals surface area contributed by atoms with Gasteiger partial charge >= 0.3 is 0 Å². The van der Waals surface area contributed by atoms with Crippen LogP contribution in [0.2, 0.25) is 0 Å². The maximum absolute atomic E-state index is 11.5. The topological polar surface area (TPSA) is 49.3 Å². The molecule has 0 radical (unpaired) electrons. The highest BCUT2D eigenvalue weighted by Crippen LogP contribution is 2.03. The summed E-state index contributed by atoms with van der Waals surface area (Å²) in [6.07, 6.45) is 1.05. The SMILES string of the molecule is CC(CC(=O)NCCc1ccccc1)C(O)=S. The fraction of sp³-hybridized carbons (Fsp3) is 0.385. The molecule has 0 saturated carbocycles. The second-order valence-electron chi connectivity index (χ2n) is 4.03. The summed E-state index contributed by atoms with van der Waals surface area (Å²) in [6.45, 7) is 2.34. The van der Waals surface area contributed by atoms with E-state index in [1.165, 1.54) is 5.56 Å². The molecule has 0 heterocycles. The number of nitrogens with one attached hydrogen (secondary N) is 1. The summed E-state index contributed by atoms with van der Waals surface area (Å²) in [7, 11) is 0. The summed E-state index contributed by atoms with van der Waals surface area (Å²) < 4.78 is 0. The Balaban J connectivity index is 2.23. The molecule has 2 N–H and O–H groups in total. The lowest BCUT2D eigenvalue weighted by Crippen LogP contribution is -2.28. The van der Waals surface area contributed by atoms with Gasteiger partial charge in [0, 0.05) is 18.9 Å². The highest BCUT2D eigenvalue weighted by molar-refractivity contribution is 7.80. The van der Waals surface area contributed by atoms with Gasteiger partial charge in [0.2, 0.25) is 5.91 Å². The molecule has 1 aromatic rings. The van der Waals surface area contributed by atoms with Crippen LogP contribution in [0.25, 0.3) is 0 Å². The van der Waals surface area contributed by atoms with Gasteiger partial charge in [-0.05, 0) is 24.2 Å². The van der Waals surface area contributed by atoms with Crippen molar-refractivity contribution in [1.82, 2.24) is 5.32 Å². The number of rotatable bonds is 6. The fourth-order valence-corrected chi connectivity index (χ4v) is 1.51. The summed E-state index contributed by atoms with van der Waals surface area (Å²) in [5, 5.41) is 11.7. The number of carbonyl (C=O) groups excluding carboxylic acids is 1. The van der Waals surface area contributed by atoms with Crippen LogP contribution in [0.1, 0.15) is 18.9 Å². The number of aliphatic hydroxyl groups is 1. The fourth-order valence-electron chi connectivity index (χ4n) is 1.43. The lowest BCUT2D eigenvalue weighted by Gasteiger charge is -2.09. The summed E-state index contributed by atoms with van der Waals surface area (Å²) in [5.41, 5.74) is 1.19. The van der Waals surface area contributed by atoms with Crippen LogP contribution in [-0.4, -0.2) is 22.6 Å². The van der Waals surface area contributed by atoms with Gasteiger partial charge in [0.05, 0.1) is 0 Å². The predicted molar refractivity (Wildman–Crippen MR) is 72.2 cm³/mol. The predicted octanol–water partition coefficient (Wildman–Crippen LogP) is 2.26. The van der Waals surface area contributed by atoms with Crippen molar-refractivity contribution in [2.24, 2.45) is 5.92 Å². The van der Waals surface area contributed by atoms with E-state index >= 15 is 0 Å². The normalized spacial score (nSPS) is 11.8. The molecule has 0 saturated heterocycles. The summed E-state index contributed by atoms with van der Waals surface area (Å²) in [5.74, 6) is -0.341. The Morgan fingerprint density at radius 3 is 2.65 bits per heavy atom. The van der Waals surface area contributed by atoms with Crippen LogP contribution in [0.4, 0.5) is 0 Å². The van der Waals surface area contributed by atoms with E-state index in [1.807, 2.05) is 30.3 Å². The molecule has 92 valence electrons. The second-order valence-corrected chi connectivity index (χ2v) is 4.45. The first-order chi connectivity index (χ1) is 8.09. The van der Waals surface area contributed by atoms with Crippen molar-refractivity contribution in [3.8, 4) is 0 Å². The molecule has 0 aliphatic carbocycles. The standard InChI is InChI=1S/C13H17NO2S/c1-10(13(16)17)9-12(15)14-8-7-11-5-3-2-4-6-11/h2-6,10H,7-9H2,1H3,(H,14,15)(H,16,17). The molecule has 1 amide bonds. The third-order valence-electron chi connectivity index (χ3n) is 2.49. The maximum atomic E-state index is 11.5. The van der Waals surface area contributed by atoms with Gasteiger partial charge in [0.1, 0.15) is 0 Å². The average Bonchev–Trinajstić information content (AvgIpc) is 2.30. The minimum absolute atomic E-state index is 0.0789. The molecule has 0 aliphatic heterocycles. The van der Waals surface area contributed by atoms with Crippen molar-refractivity contribution in [2.45, 2.75) is 19.8 Å². The van der Waals surface area contributed by atoms with E-state index in [4.69, 9.17) is 5.11 Å². The van der Waals surface area contributed by atoms with E-state index in [1.54, 1.807) is 6.92 Å². The van der Waals surface area contributed by atoms with Crippen molar-refractivity contribution < 1.29 is 9.90 Å². The zero-order chi connectivity index (χ0) is 12.7. The zero-order valence-electron chi connectivity index (χ0n) is 9.85. The van der Waals surface area contributed by atoms with E-state index < -0.39 is 0 Å². The Labute approximate surface area is 107 Å². The number of hydrogen-bond acceptors (Lipinski definition) is 2. The number of carbonyl (C=O) groups is 1. The Morgan fingerprint density at radius 2 is 2.06 bits per heavy atom. The molecular weight excluding hydrogens is 234 g/mol. The van der Waals surface area contributed by atoms with Gasteiger partial charge < -0.3 is 10.4 Å². The lowest BCUT2D eigenvalue weighted by molar-refractivity contribution is -0.121. The largest absolute Gasteiger partial charge is 0.502 e. The molecule has 1 atom stereocenters. The van der Waals surface area contributed by atoms with Crippen LogP contribution in [-0.2, 0) is 11.2 Å².